The van der Waals surface area contributed by atoms with Crippen molar-refractivity contribution in [2.45, 2.75) is 18.2 Å². The Hall–Kier alpha value is -1.96. The SMILES string of the molecule is CC[C@H](Br)C(=O)NNC(=O)c1ccc([N+](=O)[O-])cc1. The molecule has 0 saturated heterocycles. The number of amides is 2. The first-order valence-corrected chi connectivity index (χ1v) is 6.36. The fourth-order valence-electron chi connectivity index (χ4n) is 1.19. The lowest BCUT2D eigenvalue weighted by Crippen LogP contribution is -2.44. The minimum absolute atomic E-state index is 0.105. The fourth-order valence-corrected chi connectivity index (χ4v) is 1.30. The zero-order chi connectivity index (χ0) is 14.4. The summed E-state index contributed by atoms with van der Waals surface area (Å²) >= 11 is 3.14. The third-order valence-electron chi connectivity index (χ3n) is 2.28. The number of carbonyl (C=O) groups excluding carboxylic acids is 2. The average Bonchev–Trinajstić information content (AvgIpc) is 2.43. The first-order chi connectivity index (χ1) is 8.95. The molecule has 8 heteroatoms. The molecule has 0 radical (unpaired) electrons. The summed E-state index contributed by atoms with van der Waals surface area (Å²) in [5, 5.41) is 10.4. The van der Waals surface area contributed by atoms with E-state index in [-0.39, 0.29) is 22.0 Å². The number of benzene rings is 1. The van der Waals surface area contributed by atoms with Gasteiger partial charge in [-0.15, -0.1) is 0 Å². The molecule has 0 heterocycles. The van der Waals surface area contributed by atoms with Crippen molar-refractivity contribution in [3.8, 4) is 0 Å². The van der Waals surface area contributed by atoms with Gasteiger partial charge in [0.1, 0.15) is 0 Å². The van der Waals surface area contributed by atoms with Crippen molar-refractivity contribution in [1.29, 1.82) is 0 Å². The number of nitrogens with one attached hydrogen (secondary N) is 2. The highest BCUT2D eigenvalue weighted by Gasteiger charge is 2.14. The van der Waals surface area contributed by atoms with E-state index in [1.165, 1.54) is 24.3 Å². The van der Waals surface area contributed by atoms with E-state index >= 15 is 0 Å². The molecule has 0 aliphatic carbocycles. The predicted octanol–water partition coefficient (Wildman–Crippen LogP) is 1.53. The molecule has 0 aromatic heterocycles. The fraction of sp³-hybridized carbons (Fsp3) is 0.273. The Bertz CT molecular complexity index is 489. The number of hydrazine groups is 1. The Labute approximate surface area is 117 Å². The number of hydrogen-bond donors (Lipinski definition) is 2. The van der Waals surface area contributed by atoms with Crippen molar-refractivity contribution < 1.29 is 14.5 Å². The maximum atomic E-state index is 11.6. The van der Waals surface area contributed by atoms with Gasteiger partial charge in [-0.2, -0.15) is 0 Å². The number of carbonyl (C=O) groups is 2. The van der Waals surface area contributed by atoms with Crippen molar-refractivity contribution in [3.63, 3.8) is 0 Å². The van der Waals surface area contributed by atoms with E-state index in [9.17, 15) is 19.7 Å². The topological polar surface area (TPSA) is 101 Å². The third-order valence-corrected chi connectivity index (χ3v) is 3.35. The maximum Gasteiger partial charge on any atom is 0.269 e. The van der Waals surface area contributed by atoms with Crippen LogP contribution >= 0.6 is 15.9 Å². The van der Waals surface area contributed by atoms with Gasteiger partial charge in [-0.25, -0.2) is 0 Å². The minimum Gasteiger partial charge on any atom is -0.272 e. The molecule has 0 aliphatic heterocycles. The van der Waals surface area contributed by atoms with Gasteiger partial charge in [0, 0.05) is 17.7 Å². The second-order valence-electron chi connectivity index (χ2n) is 3.62. The lowest BCUT2D eigenvalue weighted by Gasteiger charge is -2.09. The summed E-state index contributed by atoms with van der Waals surface area (Å²) in [4.78, 5) is 32.5. The van der Waals surface area contributed by atoms with E-state index in [4.69, 9.17) is 0 Å². The molecule has 0 aliphatic rings. The van der Waals surface area contributed by atoms with Crippen LogP contribution in [0, 0.1) is 10.1 Å². The standard InChI is InChI=1S/C11H12BrN3O4/c1-2-9(12)11(17)14-13-10(16)7-3-5-8(6-4-7)15(18)19/h3-6,9H,2H2,1H3,(H,13,16)(H,14,17)/t9-/m0/s1. The van der Waals surface area contributed by atoms with Crippen molar-refractivity contribution in [3.05, 3.63) is 39.9 Å². The Kier molecular flexibility index (Phi) is 5.43. The van der Waals surface area contributed by atoms with Crippen LogP contribution in [0.1, 0.15) is 23.7 Å². The molecule has 19 heavy (non-hydrogen) atoms. The molecule has 2 amide bonds. The Morgan fingerprint density at radius 3 is 2.37 bits per heavy atom. The zero-order valence-electron chi connectivity index (χ0n) is 10.1. The molecule has 0 spiro atoms. The number of alkyl halides is 1. The van der Waals surface area contributed by atoms with E-state index in [1.54, 1.807) is 0 Å². The van der Waals surface area contributed by atoms with Crippen LogP contribution in [0.5, 0.6) is 0 Å². The average molecular weight is 330 g/mol. The van der Waals surface area contributed by atoms with Crippen LogP contribution < -0.4 is 10.9 Å². The van der Waals surface area contributed by atoms with Crippen molar-refractivity contribution in [2.24, 2.45) is 0 Å². The Morgan fingerprint density at radius 1 is 1.32 bits per heavy atom. The van der Waals surface area contributed by atoms with Crippen LogP contribution in [0.2, 0.25) is 0 Å². The summed E-state index contributed by atoms with van der Waals surface area (Å²) < 4.78 is 0. The molecule has 1 rings (SSSR count). The number of halogens is 1. The molecule has 0 bridgehead atoms. The Morgan fingerprint density at radius 2 is 1.89 bits per heavy atom. The first-order valence-electron chi connectivity index (χ1n) is 5.44. The van der Waals surface area contributed by atoms with E-state index in [0.717, 1.165) is 0 Å². The second-order valence-corrected chi connectivity index (χ2v) is 4.73. The molecular formula is C11H12BrN3O4. The summed E-state index contributed by atoms with van der Waals surface area (Å²) in [7, 11) is 0. The van der Waals surface area contributed by atoms with Crippen molar-refractivity contribution in [2.75, 3.05) is 0 Å². The van der Waals surface area contributed by atoms with Gasteiger partial charge in [-0.1, -0.05) is 22.9 Å². The summed E-state index contributed by atoms with van der Waals surface area (Å²) in [5.74, 6) is -0.906. The number of rotatable bonds is 4. The number of nitrogens with zero attached hydrogens (tertiary/aromatic N) is 1. The van der Waals surface area contributed by atoms with Crippen LogP contribution in [0.15, 0.2) is 24.3 Å². The lowest BCUT2D eigenvalue weighted by atomic mass is 10.2. The van der Waals surface area contributed by atoms with Gasteiger partial charge in [0.15, 0.2) is 0 Å². The molecule has 0 saturated carbocycles. The van der Waals surface area contributed by atoms with E-state index in [2.05, 4.69) is 26.8 Å². The molecular weight excluding hydrogens is 318 g/mol. The number of hydrogen-bond acceptors (Lipinski definition) is 4. The van der Waals surface area contributed by atoms with Gasteiger partial charge in [-0.3, -0.25) is 30.6 Å². The number of nitro benzene ring substituents is 1. The third kappa shape index (κ3) is 4.32. The number of nitro groups is 1. The zero-order valence-corrected chi connectivity index (χ0v) is 11.6. The summed E-state index contributed by atoms with van der Waals surface area (Å²) in [6.07, 6.45) is 0.583. The summed E-state index contributed by atoms with van der Waals surface area (Å²) in [5.41, 5.74) is 4.59. The summed E-state index contributed by atoms with van der Waals surface area (Å²) in [6, 6.07) is 5.06. The predicted molar refractivity (Wildman–Crippen MR) is 71.7 cm³/mol. The maximum absolute atomic E-state index is 11.6. The van der Waals surface area contributed by atoms with Gasteiger partial charge < -0.3 is 0 Å². The van der Waals surface area contributed by atoms with Crippen LogP contribution in [-0.2, 0) is 4.79 Å². The normalized spacial score (nSPS) is 11.5. The highest BCUT2D eigenvalue weighted by molar-refractivity contribution is 9.10. The van der Waals surface area contributed by atoms with Crippen molar-refractivity contribution in [1.82, 2.24) is 10.9 Å². The molecule has 1 atom stereocenters. The molecule has 0 unspecified atom stereocenters. The molecule has 1 aromatic carbocycles. The van der Waals surface area contributed by atoms with Gasteiger partial charge in [0.25, 0.3) is 17.5 Å². The van der Waals surface area contributed by atoms with Gasteiger partial charge in [0.05, 0.1) is 9.75 Å². The van der Waals surface area contributed by atoms with Crippen molar-refractivity contribution >= 4 is 33.4 Å². The minimum atomic E-state index is -0.555. The largest absolute Gasteiger partial charge is 0.272 e. The highest BCUT2D eigenvalue weighted by atomic mass is 79.9. The van der Waals surface area contributed by atoms with E-state index < -0.39 is 10.8 Å². The number of non-ortho nitro benzene ring substituents is 1. The lowest BCUT2D eigenvalue weighted by molar-refractivity contribution is -0.384. The van der Waals surface area contributed by atoms with Crippen LogP contribution in [-0.4, -0.2) is 21.6 Å². The molecule has 0 fully saturated rings. The van der Waals surface area contributed by atoms with Crippen LogP contribution in [0.25, 0.3) is 0 Å². The summed E-state index contributed by atoms with van der Waals surface area (Å²) in [6.45, 7) is 1.82. The van der Waals surface area contributed by atoms with Gasteiger partial charge >= 0.3 is 0 Å². The molecule has 7 nitrogen and oxygen atoms in total. The van der Waals surface area contributed by atoms with E-state index in [1.807, 2.05) is 6.92 Å². The smallest absolute Gasteiger partial charge is 0.269 e. The first kappa shape index (κ1) is 15.1. The van der Waals surface area contributed by atoms with Crippen LogP contribution in [0.4, 0.5) is 5.69 Å². The van der Waals surface area contributed by atoms with Gasteiger partial charge in [-0.05, 0) is 18.6 Å². The molecule has 102 valence electrons. The Balaban J connectivity index is 2.59. The second kappa shape index (κ2) is 6.83. The quantitative estimate of drug-likeness (QED) is 0.496. The van der Waals surface area contributed by atoms with E-state index in [0.29, 0.717) is 6.42 Å². The van der Waals surface area contributed by atoms with Gasteiger partial charge in [0.2, 0.25) is 0 Å². The molecule has 1 aromatic rings. The highest BCUT2D eigenvalue weighted by Crippen LogP contribution is 2.11. The molecule has 2 N–H and O–H groups in total. The van der Waals surface area contributed by atoms with Crippen LogP contribution in [0.3, 0.4) is 0 Å². The monoisotopic (exact) mass is 329 g/mol.